The molecule has 0 radical (unpaired) electrons. The number of para-hydroxylation sites is 1. The van der Waals surface area contributed by atoms with Crippen molar-refractivity contribution in [2.24, 2.45) is 0 Å². The van der Waals surface area contributed by atoms with Crippen molar-refractivity contribution >= 4 is 81.3 Å². The van der Waals surface area contributed by atoms with Gasteiger partial charge < -0.3 is 9.32 Å². The van der Waals surface area contributed by atoms with Gasteiger partial charge in [-0.2, -0.15) is 0 Å². The Morgan fingerprint density at radius 2 is 1.12 bits per heavy atom. The zero-order valence-electron chi connectivity index (χ0n) is 23.2. The molecule has 0 bridgehead atoms. The number of thiophene rings is 1. The maximum Gasteiger partial charge on any atom is 0.160 e. The Hall–Kier alpha value is -5.38. The molecule has 0 amide bonds. The Bertz CT molecular complexity index is 2450. The number of rotatable bonds is 4. The molecular weight excluding hydrogens is 543 g/mol. The Morgan fingerprint density at radius 3 is 1.98 bits per heavy atom. The zero-order chi connectivity index (χ0) is 28.3. The highest BCUT2D eigenvalue weighted by atomic mass is 32.1. The molecule has 0 aliphatic carbocycles. The monoisotopic (exact) mass is 567 g/mol. The van der Waals surface area contributed by atoms with E-state index in [4.69, 9.17) is 4.42 Å². The molecule has 0 saturated carbocycles. The molecule has 2 nitrogen and oxygen atoms in total. The van der Waals surface area contributed by atoms with E-state index in [1.54, 1.807) is 0 Å². The van der Waals surface area contributed by atoms with Crippen LogP contribution in [-0.2, 0) is 0 Å². The SMILES string of the molecule is c1ccc(-c2ccc(N(c3ccc4c(c3)sc3ccccc34)c3cc4ccccc4c4c3oc3ccccc34)cc2)cc1. The van der Waals surface area contributed by atoms with Gasteiger partial charge in [0.15, 0.2) is 5.58 Å². The van der Waals surface area contributed by atoms with E-state index in [0.29, 0.717) is 0 Å². The van der Waals surface area contributed by atoms with Crippen molar-refractivity contribution in [3.63, 3.8) is 0 Å². The maximum absolute atomic E-state index is 6.71. The quantitative estimate of drug-likeness (QED) is 0.210. The van der Waals surface area contributed by atoms with Gasteiger partial charge in [-0.05, 0) is 64.4 Å². The fourth-order valence-electron chi connectivity index (χ4n) is 6.44. The molecule has 9 aromatic rings. The number of furan rings is 1. The molecule has 9 rings (SSSR count). The number of benzene rings is 7. The second-order valence-electron chi connectivity index (χ2n) is 10.9. The minimum Gasteiger partial charge on any atom is -0.454 e. The van der Waals surface area contributed by atoms with Crippen LogP contribution in [0.1, 0.15) is 0 Å². The van der Waals surface area contributed by atoms with Crippen molar-refractivity contribution in [1.29, 1.82) is 0 Å². The Labute approximate surface area is 252 Å². The van der Waals surface area contributed by atoms with Gasteiger partial charge in [0, 0.05) is 42.3 Å². The lowest BCUT2D eigenvalue weighted by Crippen LogP contribution is -2.10. The first-order valence-electron chi connectivity index (χ1n) is 14.5. The smallest absolute Gasteiger partial charge is 0.160 e. The van der Waals surface area contributed by atoms with Gasteiger partial charge in [0.25, 0.3) is 0 Å². The summed E-state index contributed by atoms with van der Waals surface area (Å²) in [4.78, 5) is 2.36. The number of anilines is 3. The average molecular weight is 568 g/mol. The van der Waals surface area contributed by atoms with E-state index in [1.165, 1.54) is 42.1 Å². The third kappa shape index (κ3) is 3.86. The van der Waals surface area contributed by atoms with Gasteiger partial charge >= 0.3 is 0 Å². The van der Waals surface area contributed by atoms with Crippen LogP contribution in [0.5, 0.6) is 0 Å². The van der Waals surface area contributed by atoms with Gasteiger partial charge in [-0.25, -0.2) is 0 Å². The normalized spacial score (nSPS) is 11.7. The summed E-state index contributed by atoms with van der Waals surface area (Å²) >= 11 is 1.84. The Balaban J connectivity index is 1.33. The summed E-state index contributed by atoms with van der Waals surface area (Å²) in [5.41, 5.74) is 7.39. The summed E-state index contributed by atoms with van der Waals surface area (Å²) in [5, 5.41) is 7.26. The van der Waals surface area contributed by atoms with E-state index < -0.39 is 0 Å². The lowest BCUT2D eigenvalue weighted by molar-refractivity contribution is 0.669. The van der Waals surface area contributed by atoms with Gasteiger partial charge in [0.2, 0.25) is 0 Å². The van der Waals surface area contributed by atoms with Gasteiger partial charge in [-0.3, -0.25) is 0 Å². The fraction of sp³-hybridized carbons (Fsp3) is 0. The molecule has 0 spiro atoms. The minimum absolute atomic E-state index is 0.892. The van der Waals surface area contributed by atoms with Crippen molar-refractivity contribution in [1.82, 2.24) is 0 Å². The third-order valence-electron chi connectivity index (χ3n) is 8.44. The van der Waals surface area contributed by atoms with Crippen LogP contribution in [0.3, 0.4) is 0 Å². The van der Waals surface area contributed by atoms with Crippen LogP contribution < -0.4 is 4.90 Å². The molecule has 43 heavy (non-hydrogen) atoms. The third-order valence-corrected chi connectivity index (χ3v) is 9.58. The summed E-state index contributed by atoms with van der Waals surface area (Å²) in [7, 11) is 0. The highest BCUT2D eigenvalue weighted by Gasteiger charge is 2.22. The van der Waals surface area contributed by atoms with Crippen LogP contribution in [-0.4, -0.2) is 0 Å². The summed E-state index contributed by atoms with van der Waals surface area (Å²) in [6, 6.07) is 54.2. The number of fused-ring (bicyclic) bond motifs is 8. The lowest BCUT2D eigenvalue weighted by atomic mass is 10.0. The lowest BCUT2D eigenvalue weighted by Gasteiger charge is -2.26. The van der Waals surface area contributed by atoms with E-state index in [1.807, 2.05) is 17.4 Å². The van der Waals surface area contributed by atoms with E-state index in [9.17, 15) is 0 Å². The second-order valence-corrected chi connectivity index (χ2v) is 12.0. The van der Waals surface area contributed by atoms with Crippen LogP contribution in [0.4, 0.5) is 17.1 Å². The minimum atomic E-state index is 0.892. The number of hydrogen-bond donors (Lipinski definition) is 0. The fourth-order valence-corrected chi connectivity index (χ4v) is 7.58. The molecule has 202 valence electrons. The van der Waals surface area contributed by atoms with Crippen LogP contribution in [0.15, 0.2) is 156 Å². The molecular formula is C40H25NOS. The van der Waals surface area contributed by atoms with Crippen molar-refractivity contribution in [3.05, 3.63) is 152 Å². The molecule has 0 unspecified atom stereocenters. The van der Waals surface area contributed by atoms with Crippen molar-refractivity contribution in [2.45, 2.75) is 0 Å². The summed E-state index contributed by atoms with van der Waals surface area (Å²) in [5.74, 6) is 0. The van der Waals surface area contributed by atoms with Crippen LogP contribution in [0.25, 0.3) is 64.0 Å². The first-order valence-corrected chi connectivity index (χ1v) is 15.3. The zero-order valence-corrected chi connectivity index (χ0v) is 24.0. The predicted molar refractivity (Wildman–Crippen MR) is 184 cm³/mol. The summed E-state index contributed by atoms with van der Waals surface area (Å²) < 4.78 is 9.28. The van der Waals surface area contributed by atoms with Gasteiger partial charge in [0.1, 0.15) is 5.58 Å². The topological polar surface area (TPSA) is 16.4 Å². The van der Waals surface area contributed by atoms with Crippen molar-refractivity contribution < 1.29 is 4.42 Å². The van der Waals surface area contributed by atoms with E-state index in [2.05, 4.69) is 150 Å². The molecule has 0 atom stereocenters. The summed E-state index contributed by atoms with van der Waals surface area (Å²) in [6.45, 7) is 0. The number of nitrogens with zero attached hydrogens (tertiary/aromatic N) is 1. The first kappa shape index (κ1) is 24.2. The highest BCUT2D eigenvalue weighted by molar-refractivity contribution is 7.25. The van der Waals surface area contributed by atoms with Crippen LogP contribution >= 0.6 is 11.3 Å². The molecule has 0 N–H and O–H groups in total. The molecule has 0 saturated heterocycles. The van der Waals surface area contributed by atoms with E-state index >= 15 is 0 Å². The van der Waals surface area contributed by atoms with Gasteiger partial charge in [0.05, 0.1) is 5.69 Å². The predicted octanol–water partition coefficient (Wildman–Crippen LogP) is 12.2. The largest absolute Gasteiger partial charge is 0.454 e. The first-order chi connectivity index (χ1) is 21.3. The van der Waals surface area contributed by atoms with E-state index in [0.717, 1.165) is 39.0 Å². The molecule has 0 aliphatic rings. The Kier molecular flexibility index (Phi) is 5.40. The van der Waals surface area contributed by atoms with Crippen LogP contribution in [0, 0.1) is 0 Å². The van der Waals surface area contributed by atoms with Crippen molar-refractivity contribution in [2.75, 3.05) is 4.90 Å². The average Bonchev–Trinajstić information content (AvgIpc) is 3.64. The Morgan fingerprint density at radius 1 is 0.465 bits per heavy atom. The van der Waals surface area contributed by atoms with Crippen molar-refractivity contribution in [3.8, 4) is 11.1 Å². The second kappa shape index (κ2) is 9.59. The van der Waals surface area contributed by atoms with Gasteiger partial charge in [-0.15, -0.1) is 11.3 Å². The van der Waals surface area contributed by atoms with E-state index in [-0.39, 0.29) is 0 Å². The molecule has 7 aromatic carbocycles. The molecule has 2 heterocycles. The molecule has 3 heteroatoms. The van der Waals surface area contributed by atoms with Crippen LogP contribution in [0.2, 0.25) is 0 Å². The molecule has 2 aromatic heterocycles. The summed E-state index contributed by atoms with van der Waals surface area (Å²) in [6.07, 6.45) is 0. The maximum atomic E-state index is 6.71. The number of hydrogen-bond acceptors (Lipinski definition) is 3. The van der Waals surface area contributed by atoms with Gasteiger partial charge in [-0.1, -0.05) is 109 Å². The molecule has 0 fully saturated rings. The standard InChI is InChI=1S/C40H25NOS/c1-2-10-26(11-3-1)27-18-20-29(21-19-27)41(30-22-23-33-32-14-7-9-17-37(32)43-38(33)25-30)35-24-28-12-4-5-13-31(28)39-34-15-6-8-16-36(34)42-40(35)39/h1-25H. The molecule has 0 aliphatic heterocycles. The highest BCUT2D eigenvalue weighted by Crippen LogP contribution is 2.47.